The molecule has 0 aliphatic rings. The topological polar surface area (TPSA) is 0 Å². The van der Waals surface area contributed by atoms with Gasteiger partial charge in [-0.25, -0.2) is 0 Å². The molecule has 0 amide bonds. The smallest absolute Gasteiger partial charge is 0.0381 e. The molecule has 0 radical (unpaired) electrons. The maximum absolute atomic E-state index is 2.70. The summed E-state index contributed by atoms with van der Waals surface area (Å²) in [5, 5.41) is 0. The molecule has 0 N–H and O–H groups in total. The fourth-order valence-electron chi connectivity index (χ4n) is 0.408. The van der Waals surface area contributed by atoms with Gasteiger partial charge < -0.3 is 0 Å². The second-order valence-corrected chi connectivity index (χ2v) is 3.44. The largest absolute Gasteiger partial charge is 0.147 e. The Morgan fingerprint density at radius 2 is 1.00 bits per heavy atom. The standard InChI is InChI=1S/2C4H11P.2ClH/c2*1-2-3-4-5;;/h2*2-5H2,1H3;2*1H. The lowest BCUT2D eigenvalue weighted by Gasteiger charge is -1.79. The van der Waals surface area contributed by atoms with E-state index in [9.17, 15) is 0 Å². The predicted molar refractivity (Wildman–Crippen MR) is 73.5 cm³/mol. The van der Waals surface area contributed by atoms with Gasteiger partial charge in [0.2, 0.25) is 0 Å². The van der Waals surface area contributed by atoms with E-state index in [1.807, 2.05) is 0 Å². The first kappa shape index (κ1) is 23.3. The minimum absolute atomic E-state index is 0. The summed E-state index contributed by atoms with van der Waals surface area (Å²) in [5.74, 6) is 0. The van der Waals surface area contributed by atoms with Crippen molar-refractivity contribution in [2.45, 2.75) is 39.5 Å². The van der Waals surface area contributed by atoms with Crippen molar-refractivity contribution in [3.8, 4) is 0 Å². The molecule has 0 saturated carbocycles. The average Bonchev–Trinajstić information content (AvgIpc) is 1.93. The molecule has 0 spiro atoms. The number of hydrogen-bond donors (Lipinski definition) is 0. The van der Waals surface area contributed by atoms with E-state index in [0.717, 1.165) is 0 Å². The summed E-state index contributed by atoms with van der Waals surface area (Å²) >= 11 is 0. The molecule has 0 rings (SSSR count). The minimum Gasteiger partial charge on any atom is -0.147 e. The Kier molecular flexibility index (Phi) is 57.2. The lowest BCUT2D eigenvalue weighted by molar-refractivity contribution is 0.897. The molecular weight excluding hydrogens is 229 g/mol. The number of rotatable bonds is 4. The fourth-order valence-corrected chi connectivity index (χ4v) is 1.22. The van der Waals surface area contributed by atoms with Gasteiger partial charge in [-0.3, -0.25) is 0 Å². The highest BCUT2D eigenvalue weighted by atomic mass is 35.5. The van der Waals surface area contributed by atoms with Crippen LogP contribution in [0.2, 0.25) is 0 Å². The van der Waals surface area contributed by atoms with Gasteiger partial charge in [0.05, 0.1) is 0 Å². The molecule has 12 heavy (non-hydrogen) atoms. The molecular formula is C8H24Cl2P2. The number of hydrogen-bond acceptors (Lipinski definition) is 0. The second kappa shape index (κ2) is 29.4. The number of halogens is 2. The van der Waals surface area contributed by atoms with Gasteiger partial charge in [0.15, 0.2) is 0 Å². The fraction of sp³-hybridized carbons (Fsp3) is 1.00. The molecule has 0 saturated heterocycles. The van der Waals surface area contributed by atoms with Crippen molar-refractivity contribution < 1.29 is 0 Å². The highest BCUT2D eigenvalue weighted by Gasteiger charge is 1.68. The third kappa shape index (κ3) is 42.1. The van der Waals surface area contributed by atoms with Crippen molar-refractivity contribution in [3.63, 3.8) is 0 Å². The van der Waals surface area contributed by atoms with E-state index in [0.29, 0.717) is 0 Å². The monoisotopic (exact) mass is 252 g/mol. The summed E-state index contributed by atoms with van der Waals surface area (Å²) in [4.78, 5) is 0. The zero-order chi connectivity index (χ0) is 8.24. The molecule has 4 heteroatoms. The van der Waals surface area contributed by atoms with Gasteiger partial charge in [-0.2, -0.15) is 0 Å². The molecule has 0 aliphatic carbocycles. The summed E-state index contributed by atoms with van der Waals surface area (Å²) < 4.78 is 0. The highest BCUT2D eigenvalue weighted by Crippen LogP contribution is 1.90. The first-order chi connectivity index (χ1) is 4.83. The van der Waals surface area contributed by atoms with Crippen LogP contribution in [0, 0.1) is 0 Å². The van der Waals surface area contributed by atoms with Crippen molar-refractivity contribution in [1.82, 2.24) is 0 Å². The van der Waals surface area contributed by atoms with Crippen molar-refractivity contribution in [2.75, 3.05) is 12.3 Å². The Bertz CT molecular complexity index is 36.0. The van der Waals surface area contributed by atoms with E-state index < -0.39 is 0 Å². The van der Waals surface area contributed by atoms with Gasteiger partial charge in [-0.1, -0.05) is 39.5 Å². The lowest BCUT2D eigenvalue weighted by Crippen LogP contribution is -1.64. The van der Waals surface area contributed by atoms with Crippen LogP contribution in [0.4, 0.5) is 0 Å². The molecule has 0 aromatic carbocycles. The van der Waals surface area contributed by atoms with Crippen LogP contribution in [0.3, 0.4) is 0 Å². The van der Waals surface area contributed by atoms with Crippen LogP contribution >= 0.6 is 43.3 Å². The summed E-state index contributed by atoms with van der Waals surface area (Å²) in [6.45, 7) is 4.40. The van der Waals surface area contributed by atoms with Gasteiger partial charge in [-0.05, 0) is 12.3 Å². The Morgan fingerprint density at radius 1 is 0.750 bits per heavy atom. The van der Waals surface area contributed by atoms with Gasteiger partial charge >= 0.3 is 0 Å². The van der Waals surface area contributed by atoms with E-state index in [1.165, 1.54) is 38.0 Å². The SMILES string of the molecule is CCCCP.CCCCP.Cl.Cl. The summed E-state index contributed by atoms with van der Waals surface area (Å²) in [5.41, 5.74) is 0. The summed E-state index contributed by atoms with van der Waals surface area (Å²) in [7, 11) is 5.40. The summed E-state index contributed by atoms with van der Waals surface area (Å²) in [6, 6.07) is 0. The first-order valence-electron chi connectivity index (χ1n) is 4.23. The maximum Gasteiger partial charge on any atom is -0.0381 e. The Hall–Kier alpha value is 1.44. The van der Waals surface area contributed by atoms with Crippen LogP contribution in [-0.2, 0) is 0 Å². The van der Waals surface area contributed by atoms with Crippen LogP contribution < -0.4 is 0 Å². The normalized spacial score (nSPS) is 7.00. The van der Waals surface area contributed by atoms with Crippen molar-refractivity contribution in [3.05, 3.63) is 0 Å². The average molecular weight is 253 g/mol. The molecule has 2 unspecified atom stereocenters. The van der Waals surface area contributed by atoms with Gasteiger partial charge in [0.25, 0.3) is 0 Å². The lowest BCUT2D eigenvalue weighted by atomic mass is 10.4. The van der Waals surface area contributed by atoms with Crippen LogP contribution in [0.15, 0.2) is 0 Å². The molecule has 0 bridgehead atoms. The molecule has 0 aliphatic heterocycles. The second-order valence-electron chi connectivity index (χ2n) is 2.28. The Morgan fingerprint density at radius 3 is 1.00 bits per heavy atom. The molecule has 0 nitrogen and oxygen atoms in total. The minimum atomic E-state index is 0. The van der Waals surface area contributed by atoms with Gasteiger partial charge in [-0.15, -0.1) is 43.3 Å². The van der Waals surface area contributed by atoms with Crippen LogP contribution in [0.25, 0.3) is 0 Å². The molecule has 2 atom stereocenters. The van der Waals surface area contributed by atoms with E-state index in [2.05, 4.69) is 32.3 Å². The molecule has 0 aromatic heterocycles. The zero-order valence-corrected chi connectivity index (χ0v) is 12.2. The Balaban J connectivity index is -0.0000000457. The van der Waals surface area contributed by atoms with Crippen LogP contribution in [0.5, 0.6) is 0 Å². The quantitative estimate of drug-likeness (QED) is 0.660. The van der Waals surface area contributed by atoms with Gasteiger partial charge in [0.1, 0.15) is 0 Å². The summed E-state index contributed by atoms with van der Waals surface area (Å²) in [6.07, 6.45) is 7.87. The third-order valence-corrected chi connectivity index (χ3v) is 1.93. The molecule has 0 fully saturated rings. The molecule has 0 aromatic rings. The van der Waals surface area contributed by atoms with Crippen molar-refractivity contribution in [2.24, 2.45) is 0 Å². The predicted octanol–water partition coefficient (Wildman–Crippen LogP) is 4.17. The number of unbranched alkanes of at least 4 members (excludes halogenated alkanes) is 2. The van der Waals surface area contributed by atoms with Gasteiger partial charge in [0, 0.05) is 0 Å². The van der Waals surface area contributed by atoms with Crippen molar-refractivity contribution in [1.29, 1.82) is 0 Å². The van der Waals surface area contributed by atoms with E-state index in [4.69, 9.17) is 0 Å². The maximum atomic E-state index is 2.70. The molecule has 0 heterocycles. The third-order valence-electron chi connectivity index (χ3n) is 1.12. The first-order valence-corrected chi connectivity index (χ1v) is 5.86. The van der Waals surface area contributed by atoms with Crippen LogP contribution in [-0.4, -0.2) is 12.3 Å². The van der Waals surface area contributed by atoms with Crippen LogP contribution in [0.1, 0.15) is 39.5 Å². The zero-order valence-electron chi connectivity index (χ0n) is 8.21. The molecule has 80 valence electrons. The van der Waals surface area contributed by atoms with E-state index >= 15 is 0 Å². The van der Waals surface area contributed by atoms with E-state index in [1.54, 1.807) is 0 Å². The Labute approximate surface area is 95.3 Å². The van der Waals surface area contributed by atoms with E-state index in [-0.39, 0.29) is 24.8 Å². The highest BCUT2D eigenvalue weighted by molar-refractivity contribution is 7.16. The van der Waals surface area contributed by atoms with Crippen molar-refractivity contribution >= 4 is 43.3 Å².